The van der Waals surface area contributed by atoms with E-state index in [1.54, 1.807) is 0 Å². The lowest BCUT2D eigenvalue weighted by Gasteiger charge is -2.11. The fraction of sp³-hybridized carbons (Fsp3) is 0.400. The van der Waals surface area contributed by atoms with Crippen molar-refractivity contribution in [1.29, 1.82) is 0 Å². The van der Waals surface area contributed by atoms with E-state index in [0.717, 1.165) is 33.5 Å². The van der Waals surface area contributed by atoms with Crippen molar-refractivity contribution in [2.45, 2.75) is 20.0 Å². The Morgan fingerprint density at radius 2 is 2.20 bits per heavy atom. The lowest BCUT2D eigenvalue weighted by atomic mass is 10.0. The van der Waals surface area contributed by atoms with E-state index in [4.69, 9.17) is 15.4 Å². The van der Waals surface area contributed by atoms with Gasteiger partial charge in [-0.1, -0.05) is 6.92 Å². The van der Waals surface area contributed by atoms with Crippen LogP contribution in [0.3, 0.4) is 0 Å². The quantitative estimate of drug-likeness (QED) is 0.858. The van der Waals surface area contributed by atoms with Gasteiger partial charge in [-0.05, 0) is 34.0 Å². The Balaban J connectivity index is 2.52. The molecule has 0 saturated carbocycles. The molecular weight excluding hydrogens is 262 g/mol. The molecule has 0 unspecified atom stereocenters. The van der Waals surface area contributed by atoms with Crippen LogP contribution in [-0.4, -0.2) is 6.79 Å². The average molecular weight is 274 g/mol. The summed E-state index contributed by atoms with van der Waals surface area (Å²) >= 11 is 3.43. The van der Waals surface area contributed by atoms with Gasteiger partial charge in [-0.25, -0.2) is 5.90 Å². The van der Waals surface area contributed by atoms with Crippen molar-refractivity contribution in [2.24, 2.45) is 5.90 Å². The molecule has 0 aliphatic carbocycles. The summed E-state index contributed by atoms with van der Waals surface area (Å²) in [5, 5.41) is 0. The van der Waals surface area contributed by atoms with Gasteiger partial charge in [0, 0.05) is 5.56 Å². The van der Waals surface area contributed by atoms with Crippen LogP contribution in [0.4, 0.5) is 0 Å². The van der Waals surface area contributed by atoms with Crippen LogP contribution in [0.1, 0.15) is 18.1 Å². The van der Waals surface area contributed by atoms with E-state index in [-0.39, 0.29) is 6.79 Å². The number of hydrogen-bond acceptors (Lipinski definition) is 4. The maximum Gasteiger partial charge on any atom is 0.231 e. The molecule has 0 fully saturated rings. The number of rotatable bonds is 3. The molecule has 5 heteroatoms. The number of ether oxygens (including phenoxy) is 2. The van der Waals surface area contributed by atoms with Gasteiger partial charge in [-0.2, -0.15) is 0 Å². The molecule has 0 saturated heterocycles. The number of fused-ring (bicyclic) bond motifs is 1. The molecule has 2 rings (SSSR count). The summed E-state index contributed by atoms with van der Waals surface area (Å²) in [5.74, 6) is 6.67. The largest absolute Gasteiger partial charge is 0.453 e. The first-order valence-electron chi connectivity index (χ1n) is 4.69. The molecule has 15 heavy (non-hydrogen) atoms. The molecule has 4 nitrogen and oxygen atoms in total. The minimum absolute atomic E-state index is 0.272. The van der Waals surface area contributed by atoms with Gasteiger partial charge in [0.2, 0.25) is 6.79 Å². The van der Waals surface area contributed by atoms with Gasteiger partial charge in [0.15, 0.2) is 11.5 Å². The van der Waals surface area contributed by atoms with Crippen LogP contribution in [0.5, 0.6) is 11.5 Å². The summed E-state index contributed by atoms with van der Waals surface area (Å²) in [6.07, 6.45) is 0.859. The zero-order valence-corrected chi connectivity index (χ0v) is 9.96. The summed E-state index contributed by atoms with van der Waals surface area (Å²) in [5.41, 5.74) is 2.12. The van der Waals surface area contributed by atoms with Crippen LogP contribution in [0.15, 0.2) is 10.5 Å². The number of halogens is 1. The van der Waals surface area contributed by atoms with Crippen LogP contribution in [-0.2, 0) is 17.9 Å². The van der Waals surface area contributed by atoms with Crippen LogP contribution in [0.2, 0.25) is 0 Å². The SMILES string of the molecule is CCc1c(CON)cc(Br)c2c1OCO2. The normalized spacial score (nSPS) is 13.3. The highest BCUT2D eigenvalue weighted by Crippen LogP contribution is 2.43. The van der Waals surface area contributed by atoms with E-state index in [2.05, 4.69) is 27.7 Å². The van der Waals surface area contributed by atoms with Crippen molar-refractivity contribution < 1.29 is 14.3 Å². The van der Waals surface area contributed by atoms with E-state index >= 15 is 0 Å². The molecule has 0 atom stereocenters. The minimum atomic E-state index is 0.272. The molecule has 1 aliphatic rings. The maximum absolute atomic E-state index is 5.44. The first-order valence-corrected chi connectivity index (χ1v) is 5.48. The lowest BCUT2D eigenvalue weighted by Crippen LogP contribution is -2.03. The van der Waals surface area contributed by atoms with Crippen molar-refractivity contribution in [3.05, 3.63) is 21.7 Å². The molecule has 0 amide bonds. The molecule has 1 aromatic rings. The highest BCUT2D eigenvalue weighted by Gasteiger charge is 2.23. The van der Waals surface area contributed by atoms with Crippen molar-refractivity contribution in [3.63, 3.8) is 0 Å². The van der Waals surface area contributed by atoms with Gasteiger partial charge < -0.3 is 9.47 Å². The standard InChI is InChI=1S/C10H12BrNO3/c1-2-7-6(4-15-12)3-8(11)10-9(7)13-5-14-10/h3H,2,4-5,12H2,1H3. The lowest BCUT2D eigenvalue weighted by molar-refractivity contribution is 0.123. The summed E-state index contributed by atoms with van der Waals surface area (Å²) in [7, 11) is 0. The monoisotopic (exact) mass is 273 g/mol. The minimum Gasteiger partial charge on any atom is -0.453 e. The van der Waals surface area contributed by atoms with Crippen LogP contribution >= 0.6 is 15.9 Å². The van der Waals surface area contributed by atoms with Gasteiger partial charge in [0.1, 0.15) is 0 Å². The number of benzene rings is 1. The second-order valence-electron chi connectivity index (χ2n) is 3.23. The van der Waals surface area contributed by atoms with Crippen LogP contribution < -0.4 is 15.4 Å². The predicted molar refractivity (Wildman–Crippen MR) is 58.6 cm³/mol. The van der Waals surface area contributed by atoms with E-state index in [1.807, 2.05) is 6.07 Å². The van der Waals surface area contributed by atoms with Gasteiger partial charge in [-0.3, -0.25) is 4.84 Å². The van der Waals surface area contributed by atoms with E-state index < -0.39 is 0 Å². The zero-order chi connectivity index (χ0) is 10.8. The van der Waals surface area contributed by atoms with Gasteiger partial charge in [-0.15, -0.1) is 0 Å². The number of hydrogen-bond donors (Lipinski definition) is 1. The Bertz CT molecular complexity index is 381. The first kappa shape index (κ1) is 10.7. The van der Waals surface area contributed by atoms with Crippen molar-refractivity contribution in [2.75, 3.05) is 6.79 Å². The average Bonchev–Trinajstić information content (AvgIpc) is 2.68. The Hall–Kier alpha value is -0.780. The Morgan fingerprint density at radius 3 is 2.87 bits per heavy atom. The van der Waals surface area contributed by atoms with Gasteiger partial charge in [0.05, 0.1) is 11.1 Å². The van der Waals surface area contributed by atoms with Gasteiger partial charge >= 0.3 is 0 Å². The van der Waals surface area contributed by atoms with Crippen molar-refractivity contribution >= 4 is 15.9 Å². The van der Waals surface area contributed by atoms with E-state index in [9.17, 15) is 0 Å². The fourth-order valence-corrected chi connectivity index (χ4v) is 2.31. The predicted octanol–water partition coefficient (Wildman–Crippen LogP) is 2.13. The second-order valence-corrected chi connectivity index (χ2v) is 4.08. The summed E-state index contributed by atoms with van der Waals surface area (Å²) in [4.78, 5) is 4.67. The molecule has 0 spiro atoms. The third-order valence-electron chi connectivity index (χ3n) is 2.38. The summed E-state index contributed by atoms with van der Waals surface area (Å²) in [6.45, 7) is 2.71. The van der Waals surface area contributed by atoms with Crippen molar-refractivity contribution in [3.8, 4) is 11.5 Å². The summed E-state index contributed by atoms with van der Waals surface area (Å²) < 4.78 is 11.7. The topological polar surface area (TPSA) is 53.7 Å². The Kier molecular flexibility index (Phi) is 3.14. The summed E-state index contributed by atoms with van der Waals surface area (Å²) in [6, 6.07) is 1.96. The highest BCUT2D eigenvalue weighted by molar-refractivity contribution is 9.10. The van der Waals surface area contributed by atoms with Crippen LogP contribution in [0.25, 0.3) is 0 Å². The molecule has 0 aromatic heterocycles. The molecule has 2 N–H and O–H groups in total. The Labute approximate surface area is 96.4 Å². The molecule has 0 bridgehead atoms. The third kappa shape index (κ3) is 1.82. The van der Waals surface area contributed by atoms with Gasteiger partial charge in [0.25, 0.3) is 0 Å². The van der Waals surface area contributed by atoms with E-state index in [1.165, 1.54) is 0 Å². The maximum atomic E-state index is 5.44. The van der Waals surface area contributed by atoms with Crippen molar-refractivity contribution in [1.82, 2.24) is 0 Å². The Morgan fingerprint density at radius 1 is 1.47 bits per heavy atom. The zero-order valence-electron chi connectivity index (χ0n) is 8.38. The molecular formula is C10H12BrNO3. The first-order chi connectivity index (χ1) is 7.27. The van der Waals surface area contributed by atoms with Crippen LogP contribution in [0, 0.1) is 0 Å². The third-order valence-corrected chi connectivity index (χ3v) is 2.97. The second kappa shape index (κ2) is 4.38. The molecule has 1 aromatic carbocycles. The smallest absolute Gasteiger partial charge is 0.231 e. The molecule has 1 aliphatic heterocycles. The molecule has 0 radical (unpaired) electrons. The number of nitrogens with two attached hydrogens (primary N) is 1. The highest BCUT2D eigenvalue weighted by atomic mass is 79.9. The molecule has 82 valence electrons. The van der Waals surface area contributed by atoms with E-state index in [0.29, 0.717) is 6.61 Å². The fourth-order valence-electron chi connectivity index (χ4n) is 1.74. The molecule has 1 heterocycles.